The molecule has 0 fully saturated rings. The summed E-state index contributed by atoms with van der Waals surface area (Å²) in [4.78, 5) is 38.3. The van der Waals surface area contributed by atoms with Gasteiger partial charge in [0.05, 0.1) is 5.94 Å². The number of fused-ring (bicyclic) bond motifs is 1. The molecule has 0 radical (unpaired) electrons. The van der Waals surface area contributed by atoms with E-state index >= 15 is 0 Å². The predicted molar refractivity (Wildman–Crippen MR) is 142 cm³/mol. The summed E-state index contributed by atoms with van der Waals surface area (Å²) in [5.41, 5.74) is 6.50. The molecule has 0 aliphatic carbocycles. The van der Waals surface area contributed by atoms with Crippen molar-refractivity contribution in [3.63, 3.8) is 0 Å². The van der Waals surface area contributed by atoms with Gasteiger partial charge < -0.3 is 31.7 Å². The van der Waals surface area contributed by atoms with E-state index in [0.717, 1.165) is 16.3 Å². The Morgan fingerprint density at radius 3 is 2.22 bits per heavy atom. The summed E-state index contributed by atoms with van der Waals surface area (Å²) in [7, 11) is -1.73. The van der Waals surface area contributed by atoms with Crippen molar-refractivity contribution in [1.82, 2.24) is 16.0 Å². The molecule has 0 heterocycles. The van der Waals surface area contributed by atoms with Crippen LogP contribution in [0.25, 0.3) is 10.8 Å². The zero-order chi connectivity index (χ0) is 26.7. The van der Waals surface area contributed by atoms with E-state index in [0.29, 0.717) is 32.2 Å². The molecule has 196 valence electrons. The smallest absolute Gasteiger partial charge is 0.426 e. The van der Waals surface area contributed by atoms with Crippen LogP contribution < -0.4 is 21.7 Å². The van der Waals surface area contributed by atoms with Crippen LogP contribution in [0, 0.1) is 5.92 Å². The molecule has 0 aliphatic heterocycles. The number of hydrogen-bond donors (Lipinski definition) is 6. The number of rotatable bonds is 14. The van der Waals surface area contributed by atoms with E-state index in [4.69, 9.17) is 5.73 Å². The van der Waals surface area contributed by atoms with E-state index in [1.807, 2.05) is 56.3 Å². The Kier molecular flexibility index (Phi) is 11.9. The largest absolute Gasteiger partial charge is 0.475 e. The van der Waals surface area contributed by atoms with Crippen molar-refractivity contribution in [3.05, 3.63) is 48.0 Å². The van der Waals surface area contributed by atoms with Crippen molar-refractivity contribution >= 4 is 35.6 Å². The highest BCUT2D eigenvalue weighted by Gasteiger charge is 2.31. The highest BCUT2D eigenvalue weighted by molar-refractivity contribution is 6.43. The Labute approximate surface area is 213 Å². The lowest BCUT2D eigenvalue weighted by atomic mass is 9.75. The minimum atomic E-state index is -1.73. The van der Waals surface area contributed by atoms with Gasteiger partial charge in [-0.25, -0.2) is 0 Å². The monoisotopic (exact) mass is 498 g/mol. The van der Waals surface area contributed by atoms with E-state index in [1.165, 1.54) is 6.92 Å². The lowest BCUT2D eigenvalue weighted by Crippen LogP contribution is -2.57. The topological polar surface area (TPSA) is 154 Å². The fourth-order valence-corrected chi connectivity index (χ4v) is 4.23. The van der Waals surface area contributed by atoms with Gasteiger partial charge >= 0.3 is 7.12 Å². The van der Waals surface area contributed by atoms with Gasteiger partial charge in [0, 0.05) is 13.3 Å². The molecular weight excluding hydrogens is 459 g/mol. The van der Waals surface area contributed by atoms with Gasteiger partial charge in [0.1, 0.15) is 12.1 Å². The zero-order valence-corrected chi connectivity index (χ0v) is 21.4. The third-order valence-corrected chi connectivity index (χ3v) is 5.99. The van der Waals surface area contributed by atoms with Gasteiger partial charge in [-0.3, -0.25) is 14.4 Å². The average molecular weight is 498 g/mol. The van der Waals surface area contributed by atoms with Crippen LogP contribution in [0.3, 0.4) is 0 Å². The maximum Gasteiger partial charge on any atom is 0.475 e. The Bertz CT molecular complexity index is 1010. The Balaban J connectivity index is 2.23. The van der Waals surface area contributed by atoms with Crippen molar-refractivity contribution in [2.24, 2.45) is 11.7 Å². The van der Waals surface area contributed by atoms with Gasteiger partial charge in [-0.05, 0) is 54.5 Å². The quantitative estimate of drug-likeness (QED) is 0.169. The van der Waals surface area contributed by atoms with E-state index in [-0.39, 0.29) is 18.2 Å². The Morgan fingerprint density at radius 2 is 1.58 bits per heavy atom. The SMILES string of the molecule is CC(=O)N[C@@H](Cc1cccc2ccccc12)C(=O)N[C@@H](CCCCN)C(=O)N[C@@H](CC(C)C)B(O)O. The van der Waals surface area contributed by atoms with Crippen molar-refractivity contribution in [3.8, 4) is 0 Å². The second-order valence-corrected chi connectivity index (χ2v) is 9.60. The molecule has 7 N–H and O–H groups in total. The van der Waals surface area contributed by atoms with E-state index in [2.05, 4.69) is 16.0 Å². The number of hydrogen-bond acceptors (Lipinski definition) is 6. The first kappa shape index (κ1) is 29.3. The van der Waals surface area contributed by atoms with Gasteiger partial charge in [-0.1, -0.05) is 56.3 Å². The van der Waals surface area contributed by atoms with Gasteiger partial charge in [0.2, 0.25) is 17.7 Å². The molecule has 3 amide bonds. The second kappa shape index (κ2) is 14.6. The second-order valence-electron chi connectivity index (χ2n) is 9.60. The van der Waals surface area contributed by atoms with Crippen LogP contribution in [0.15, 0.2) is 42.5 Å². The highest BCUT2D eigenvalue weighted by Crippen LogP contribution is 2.20. The fourth-order valence-electron chi connectivity index (χ4n) is 4.23. The summed E-state index contributed by atoms with van der Waals surface area (Å²) < 4.78 is 0. The molecule has 36 heavy (non-hydrogen) atoms. The first-order valence-corrected chi connectivity index (χ1v) is 12.5. The van der Waals surface area contributed by atoms with Crippen LogP contribution in [0.1, 0.15) is 52.0 Å². The van der Waals surface area contributed by atoms with Crippen molar-refractivity contribution < 1.29 is 24.4 Å². The predicted octanol–water partition coefficient (Wildman–Crippen LogP) is 1.04. The number of carbonyl (C=O) groups excluding carboxylic acids is 3. The summed E-state index contributed by atoms with van der Waals surface area (Å²) >= 11 is 0. The van der Waals surface area contributed by atoms with Crippen molar-refractivity contribution in [2.45, 2.75) is 70.9 Å². The summed E-state index contributed by atoms with van der Waals surface area (Å²) in [6, 6.07) is 11.8. The molecule has 2 aromatic rings. The maximum absolute atomic E-state index is 13.3. The maximum atomic E-state index is 13.3. The zero-order valence-electron chi connectivity index (χ0n) is 21.4. The minimum Gasteiger partial charge on any atom is -0.426 e. The standard InChI is InChI=1S/C26H39BN4O5/c1-17(2)15-24(27(35)36)31-25(33)22(13-6-7-14-28)30-26(34)23(29-18(3)32)16-20-11-8-10-19-9-4-5-12-21(19)20/h4-5,8-12,17,22-24,35-36H,6-7,13-16,28H2,1-3H3,(H,29,32)(H,30,34)(H,31,33)/t22-,23-,24-/m0/s1. The van der Waals surface area contributed by atoms with Crippen molar-refractivity contribution in [2.75, 3.05) is 6.54 Å². The first-order valence-electron chi connectivity index (χ1n) is 12.5. The number of nitrogens with two attached hydrogens (primary N) is 1. The number of amides is 3. The molecule has 3 atom stereocenters. The van der Waals surface area contributed by atoms with E-state index in [1.54, 1.807) is 0 Å². The van der Waals surface area contributed by atoms with Crippen LogP contribution in [0.2, 0.25) is 0 Å². The van der Waals surface area contributed by atoms with Crippen LogP contribution in [-0.4, -0.2) is 59.5 Å². The molecule has 0 aromatic heterocycles. The van der Waals surface area contributed by atoms with E-state index < -0.39 is 37.0 Å². The average Bonchev–Trinajstić information content (AvgIpc) is 2.82. The van der Waals surface area contributed by atoms with Crippen LogP contribution in [-0.2, 0) is 20.8 Å². The summed E-state index contributed by atoms with van der Waals surface area (Å²) in [6.07, 6.45) is 2.20. The number of carbonyl (C=O) groups is 3. The Hall–Kier alpha value is -2.95. The van der Waals surface area contributed by atoms with Crippen LogP contribution in [0.4, 0.5) is 0 Å². The molecule has 10 heteroatoms. The third kappa shape index (κ3) is 9.25. The summed E-state index contributed by atoms with van der Waals surface area (Å²) in [5, 5.41) is 29.6. The lowest BCUT2D eigenvalue weighted by molar-refractivity contribution is -0.132. The third-order valence-electron chi connectivity index (χ3n) is 5.99. The van der Waals surface area contributed by atoms with Crippen LogP contribution >= 0.6 is 0 Å². The summed E-state index contributed by atoms with van der Waals surface area (Å²) in [5.74, 6) is -2.11. The number of unbranched alkanes of at least 4 members (excludes halogenated alkanes) is 1. The first-order chi connectivity index (χ1) is 17.1. The molecule has 2 rings (SSSR count). The lowest BCUT2D eigenvalue weighted by Gasteiger charge is -2.26. The number of nitrogens with one attached hydrogen (secondary N) is 3. The molecule has 0 bridgehead atoms. The number of benzene rings is 2. The molecule has 0 spiro atoms. The molecule has 2 aromatic carbocycles. The molecule has 0 unspecified atom stereocenters. The van der Waals surface area contributed by atoms with Gasteiger partial charge in [0.25, 0.3) is 0 Å². The summed E-state index contributed by atoms with van der Waals surface area (Å²) in [6.45, 7) is 5.61. The molecular formula is C26H39BN4O5. The van der Waals surface area contributed by atoms with Gasteiger partial charge in [-0.2, -0.15) is 0 Å². The van der Waals surface area contributed by atoms with E-state index in [9.17, 15) is 24.4 Å². The van der Waals surface area contributed by atoms with Gasteiger partial charge in [-0.15, -0.1) is 0 Å². The Morgan fingerprint density at radius 1 is 0.917 bits per heavy atom. The molecule has 0 saturated carbocycles. The normalized spacial score (nSPS) is 13.6. The van der Waals surface area contributed by atoms with Crippen LogP contribution in [0.5, 0.6) is 0 Å². The molecule has 0 saturated heterocycles. The van der Waals surface area contributed by atoms with Crippen molar-refractivity contribution in [1.29, 1.82) is 0 Å². The molecule has 0 aliphatic rings. The minimum absolute atomic E-state index is 0.118. The molecule has 9 nitrogen and oxygen atoms in total. The van der Waals surface area contributed by atoms with Gasteiger partial charge in [0.15, 0.2) is 0 Å². The highest BCUT2D eigenvalue weighted by atomic mass is 16.4. The fraction of sp³-hybridized carbons (Fsp3) is 0.500.